The first-order valence-electron chi connectivity index (χ1n) is 11.4. The van der Waals surface area contributed by atoms with Gasteiger partial charge in [-0.3, -0.25) is 14.5 Å². The molecule has 1 aliphatic rings. The van der Waals surface area contributed by atoms with E-state index >= 15 is 0 Å². The maximum absolute atomic E-state index is 14.1. The van der Waals surface area contributed by atoms with Crippen LogP contribution in [0.4, 0.5) is 15.8 Å². The number of hydrogen-bond donors (Lipinski definition) is 1. The second-order valence-corrected chi connectivity index (χ2v) is 8.43. The Morgan fingerprint density at radius 3 is 2.42 bits per heavy atom. The van der Waals surface area contributed by atoms with Crippen molar-refractivity contribution in [1.29, 1.82) is 0 Å². The van der Waals surface area contributed by atoms with Gasteiger partial charge in [-0.25, -0.2) is 4.39 Å². The highest BCUT2D eigenvalue weighted by atomic mass is 19.1. The number of aliphatic hydroxyl groups is 1. The fraction of sp³-hybridized carbons (Fsp3) is 0.214. The lowest BCUT2D eigenvalue weighted by Gasteiger charge is -2.26. The predicted molar refractivity (Wildman–Crippen MR) is 136 cm³/mol. The van der Waals surface area contributed by atoms with Gasteiger partial charge in [-0.2, -0.15) is 0 Å². The lowest BCUT2D eigenvalue weighted by atomic mass is 9.94. The largest absolute Gasteiger partial charge is 0.507 e. The summed E-state index contributed by atoms with van der Waals surface area (Å²) in [6.07, 6.45) is 0. The summed E-state index contributed by atoms with van der Waals surface area (Å²) in [6, 6.07) is 16.7. The van der Waals surface area contributed by atoms with Crippen LogP contribution < -0.4 is 19.3 Å². The molecule has 1 saturated heterocycles. The maximum Gasteiger partial charge on any atom is 0.300 e. The zero-order chi connectivity index (χ0) is 26.0. The molecule has 0 radical (unpaired) electrons. The Morgan fingerprint density at radius 2 is 1.78 bits per heavy atom. The van der Waals surface area contributed by atoms with Gasteiger partial charge in [0.05, 0.1) is 30.9 Å². The average molecular weight is 491 g/mol. The zero-order valence-electron chi connectivity index (χ0n) is 20.5. The first-order chi connectivity index (χ1) is 17.3. The summed E-state index contributed by atoms with van der Waals surface area (Å²) in [6.45, 7) is 2.28. The van der Waals surface area contributed by atoms with Gasteiger partial charge >= 0.3 is 0 Å². The molecule has 186 valence electrons. The fourth-order valence-electron chi connectivity index (χ4n) is 4.28. The van der Waals surface area contributed by atoms with Crippen molar-refractivity contribution >= 4 is 28.8 Å². The van der Waals surface area contributed by atoms with Gasteiger partial charge in [0.2, 0.25) is 0 Å². The number of Topliss-reactive ketones (excluding diaryl/α,β-unsaturated/α-hetero) is 1. The Kier molecular flexibility index (Phi) is 6.96. The van der Waals surface area contributed by atoms with Crippen LogP contribution in [-0.4, -0.2) is 44.6 Å². The van der Waals surface area contributed by atoms with E-state index in [9.17, 15) is 19.1 Å². The highest BCUT2D eigenvalue weighted by molar-refractivity contribution is 6.51. The predicted octanol–water partition coefficient (Wildman–Crippen LogP) is 4.93. The summed E-state index contributed by atoms with van der Waals surface area (Å²) in [5, 5.41) is 11.3. The molecule has 1 N–H and O–H groups in total. The Balaban J connectivity index is 1.96. The van der Waals surface area contributed by atoms with Crippen molar-refractivity contribution in [2.45, 2.75) is 13.0 Å². The molecule has 4 rings (SSSR count). The number of ketones is 1. The normalized spacial score (nSPS) is 16.8. The highest BCUT2D eigenvalue weighted by Gasteiger charge is 2.47. The number of rotatable bonds is 7. The fourth-order valence-corrected chi connectivity index (χ4v) is 4.28. The summed E-state index contributed by atoms with van der Waals surface area (Å²) in [4.78, 5) is 30.0. The van der Waals surface area contributed by atoms with E-state index in [2.05, 4.69) is 0 Å². The molecule has 0 aliphatic carbocycles. The van der Waals surface area contributed by atoms with Crippen LogP contribution >= 0.6 is 0 Å². The maximum atomic E-state index is 14.1. The van der Waals surface area contributed by atoms with Gasteiger partial charge in [-0.05, 0) is 67.1 Å². The van der Waals surface area contributed by atoms with Crippen molar-refractivity contribution in [1.82, 2.24) is 0 Å². The third kappa shape index (κ3) is 4.49. The standard InChI is InChI=1S/C28H27FN2O5/c1-5-36-21-8-6-7-17(15-21)25-24(26(32)22-16-18(29)9-14-23(22)35-4)27(33)28(34)31(25)20-12-10-19(11-13-20)30(2)3/h6-16,25,32H,5H2,1-4H3/b26-24+. The molecule has 0 saturated carbocycles. The van der Waals surface area contributed by atoms with Crippen LogP contribution in [0.1, 0.15) is 24.1 Å². The summed E-state index contributed by atoms with van der Waals surface area (Å²) in [5.74, 6) is -2.13. The molecule has 1 aliphatic heterocycles. The number of ether oxygens (including phenoxy) is 2. The molecule has 3 aromatic carbocycles. The molecule has 0 bridgehead atoms. The van der Waals surface area contributed by atoms with Crippen LogP contribution in [0.25, 0.3) is 5.76 Å². The molecule has 0 aromatic heterocycles. The Hall–Kier alpha value is -4.33. The number of anilines is 2. The summed E-state index contributed by atoms with van der Waals surface area (Å²) in [5.41, 5.74) is 1.74. The molecule has 36 heavy (non-hydrogen) atoms. The van der Waals surface area contributed by atoms with Crippen LogP contribution in [0.3, 0.4) is 0 Å². The van der Waals surface area contributed by atoms with Crippen LogP contribution in [0.5, 0.6) is 11.5 Å². The molecule has 3 aromatic rings. The SMILES string of the molecule is CCOc1cccc(C2/C(=C(\O)c3cc(F)ccc3OC)C(=O)C(=O)N2c2ccc(N(C)C)cc2)c1. The minimum Gasteiger partial charge on any atom is -0.507 e. The minimum absolute atomic E-state index is 0.0237. The van der Waals surface area contributed by atoms with Gasteiger partial charge in [0, 0.05) is 25.5 Å². The number of benzene rings is 3. The van der Waals surface area contributed by atoms with E-state index in [0.29, 0.717) is 23.6 Å². The van der Waals surface area contributed by atoms with Crippen molar-refractivity contribution in [2.75, 3.05) is 37.6 Å². The number of halogens is 1. The number of amides is 1. The van der Waals surface area contributed by atoms with Crippen molar-refractivity contribution in [3.05, 3.63) is 89.2 Å². The molecular formula is C28H27FN2O5. The van der Waals surface area contributed by atoms with Gasteiger partial charge < -0.3 is 19.5 Å². The quantitative estimate of drug-likeness (QED) is 0.288. The second kappa shape index (κ2) is 10.1. The van der Waals surface area contributed by atoms with Crippen molar-refractivity contribution < 1.29 is 28.6 Å². The lowest BCUT2D eigenvalue weighted by Crippen LogP contribution is -2.29. The Morgan fingerprint density at radius 1 is 1.06 bits per heavy atom. The number of methoxy groups -OCH3 is 1. The van der Waals surface area contributed by atoms with Gasteiger partial charge in [0.15, 0.2) is 0 Å². The molecule has 1 heterocycles. The van der Waals surface area contributed by atoms with Crippen molar-refractivity contribution in [3.63, 3.8) is 0 Å². The molecule has 1 atom stereocenters. The van der Waals surface area contributed by atoms with Crippen molar-refractivity contribution in [3.8, 4) is 11.5 Å². The number of carbonyl (C=O) groups is 2. The van der Waals surface area contributed by atoms with Crippen LogP contribution in [-0.2, 0) is 9.59 Å². The highest BCUT2D eigenvalue weighted by Crippen LogP contribution is 2.44. The molecular weight excluding hydrogens is 463 g/mol. The summed E-state index contributed by atoms with van der Waals surface area (Å²) in [7, 11) is 5.16. The summed E-state index contributed by atoms with van der Waals surface area (Å²) < 4.78 is 25.1. The zero-order valence-corrected chi connectivity index (χ0v) is 20.5. The van der Waals surface area contributed by atoms with E-state index in [0.717, 1.165) is 11.8 Å². The van der Waals surface area contributed by atoms with Crippen LogP contribution in [0, 0.1) is 5.82 Å². The topological polar surface area (TPSA) is 79.3 Å². The smallest absolute Gasteiger partial charge is 0.300 e. The van der Waals surface area contributed by atoms with E-state index in [1.807, 2.05) is 38.1 Å². The van der Waals surface area contributed by atoms with Crippen LogP contribution in [0.15, 0.2) is 72.3 Å². The van der Waals surface area contributed by atoms with Gasteiger partial charge in [-0.1, -0.05) is 12.1 Å². The van der Waals surface area contributed by atoms with E-state index in [-0.39, 0.29) is 16.9 Å². The van der Waals surface area contributed by atoms with E-state index in [1.54, 1.807) is 36.4 Å². The number of carbonyl (C=O) groups excluding carboxylic acids is 2. The first-order valence-corrected chi connectivity index (χ1v) is 11.4. The third-order valence-corrected chi connectivity index (χ3v) is 5.99. The molecule has 1 fully saturated rings. The van der Waals surface area contributed by atoms with Crippen molar-refractivity contribution in [2.24, 2.45) is 0 Å². The first kappa shape index (κ1) is 24.8. The summed E-state index contributed by atoms with van der Waals surface area (Å²) >= 11 is 0. The Labute approximate surface area is 209 Å². The minimum atomic E-state index is -0.983. The van der Waals surface area contributed by atoms with E-state index < -0.39 is 29.3 Å². The molecule has 7 nitrogen and oxygen atoms in total. The van der Waals surface area contributed by atoms with Gasteiger partial charge in [-0.15, -0.1) is 0 Å². The van der Waals surface area contributed by atoms with Gasteiger partial charge in [0.25, 0.3) is 11.7 Å². The third-order valence-electron chi connectivity index (χ3n) is 5.99. The molecule has 0 spiro atoms. The molecule has 1 amide bonds. The molecule has 1 unspecified atom stereocenters. The van der Waals surface area contributed by atoms with E-state index in [4.69, 9.17) is 9.47 Å². The molecule has 8 heteroatoms. The van der Waals surface area contributed by atoms with Gasteiger partial charge in [0.1, 0.15) is 23.1 Å². The lowest BCUT2D eigenvalue weighted by molar-refractivity contribution is -0.132. The Bertz CT molecular complexity index is 1330. The average Bonchev–Trinajstić information content (AvgIpc) is 3.14. The second-order valence-electron chi connectivity index (χ2n) is 8.43. The van der Waals surface area contributed by atoms with E-state index in [1.165, 1.54) is 24.1 Å². The number of nitrogens with zero attached hydrogens (tertiary/aromatic N) is 2. The number of hydrogen-bond acceptors (Lipinski definition) is 6. The van der Waals surface area contributed by atoms with Crippen LogP contribution in [0.2, 0.25) is 0 Å². The number of aliphatic hydroxyl groups excluding tert-OH is 1. The monoisotopic (exact) mass is 490 g/mol.